The van der Waals surface area contributed by atoms with Gasteiger partial charge in [-0.15, -0.1) is 0 Å². The molecule has 0 radical (unpaired) electrons. The predicted molar refractivity (Wildman–Crippen MR) is 79.4 cm³/mol. The smallest absolute Gasteiger partial charge is 0.263 e. The first-order chi connectivity index (χ1) is 9.81. The van der Waals surface area contributed by atoms with E-state index in [9.17, 15) is 12.8 Å². The van der Waals surface area contributed by atoms with Gasteiger partial charge in [0.05, 0.1) is 18.5 Å². The number of ether oxygens (including phenoxy) is 1. The maximum atomic E-state index is 13.3. The van der Waals surface area contributed by atoms with E-state index in [0.717, 1.165) is 6.07 Å². The molecule has 0 aromatic heterocycles. The lowest BCUT2D eigenvalue weighted by Gasteiger charge is -2.11. The average Bonchev–Trinajstić information content (AvgIpc) is 2.36. The molecule has 112 valence electrons. The van der Waals surface area contributed by atoms with E-state index >= 15 is 0 Å². The van der Waals surface area contributed by atoms with Gasteiger partial charge in [0.1, 0.15) is 16.5 Å². The number of benzene rings is 2. The van der Waals surface area contributed by atoms with Crippen LogP contribution in [0.4, 0.5) is 15.8 Å². The molecule has 2 aromatic carbocycles. The van der Waals surface area contributed by atoms with E-state index in [1.807, 2.05) is 0 Å². The zero-order chi connectivity index (χ0) is 15.6. The van der Waals surface area contributed by atoms with Crippen molar-refractivity contribution in [1.29, 1.82) is 0 Å². The summed E-state index contributed by atoms with van der Waals surface area (Å²) in [5.41, 5.74) is 6.52. The zero-order valence-corrected chi connectivity index (χ0v) is 12.4. The van der Waals surface area contributed by atoms with Gasteiger partial charge in [-0.3, -0.25) is 4.72 Å². The highest BCUT2D eigenvalue weighted by Gasteiger charge is 2.18. The minimum Gasteiger partial charge on any atom is -0.497 e. The summed E-state index contributed by atoms with van der Waals surface area (Å²) in [5, 5.41) is 0. The summed E-state index contributed by atoms with van der Waals surface area (Å²) in [7, 11) is -2.44. The van der Waals surface area contributed by atoms with Gasteiger partial charge in [0, 0.05) is 6.07 Å². The van der Waals surface area contributed by atoms with Gasteiger partial charge in [0.25, 0.3) is 10.0 Å². The molecule has 0 aliphatic heterocycles. The van der Waals surface area contributed by atoms with Crippen LogP contribution in [0.5, 0.6) is 5.75 Å². The molecule has 0 saturated heterocycles. The molecule has 0 fully saturated rings. The van der Waals surface area contributed by atoms with Crippen LogP contribution >= 0.6 is 0 Å². The molecule has 7 heteroatoms. The Labute approximate surface area is 122 Å². The fraction of sp³-hybridized carbons (Fsp3) is 0.143. The van der Waals surface area contributed by atoms with E-state index in [1.165, 1.54) is 37.4 Å². The Bertz CT molecular complexity index is 756. The molecule has 2 aromatic rings. The summed E-state index contributed by atoms with van der Waals surface area (Å²) < 4.78 is 45.2. The molecule has 0 atom stereocenters. The third-order valence-corrected chi connectivity index (χ3v) is 4.26. The molecule has 0 aliphatic rings. The fourth-order valence-electron chi connectivity index (χ4n) is 1.90. The zero-order valence-electron chi connectivity index (χ0n) is 11.6. The molecule has 2 rings (SSSR count). The number of sulfonamides is 1. The number of rotatable bonds is 4. The van der Waals surface area contributed by atoms with Gasteiger partial charge < -0.3 is 10.5 Å². The highest BCUT2D eigenvalue weighted by atomic mass is 32.2. The largest absolute Gasteiger partial charge is 0.497 e. The predicted octanol–water partition coefficient (Wildman–Crippen LogP) is 2.53. The van der Waals surface area contributed by atoms with Crippen LogP contribution in [0.2, 0.25) is 0 Å². The van der Waals surface area contributed by atoms with E-state index in [0.29, 0.717) is 11.3 Å². The number of nitrogens with one attached hydrogen (secondary N) is 1. The summed E-state index contributed by atoms with van der Waals surface area (Å²) >= 11 is 0. The molecule has 0 unspecified atom stereocenters. The molecule has 0 amide bonds. The van der Waals surface area contributed by atoms with E-state index in [1.54, 1.807) is 6.92 Å². The molecule has 0 heterocycles. The Hall–Kier alpha value is -2.28. The SMILES string of the molecule is COc1ccc(S(=O)(=O)Nc2cc(C)cc(F)c2)c(N)c1. The van der Waals surface area contributed by atoms with Crippen molar-refractivity contribution in [3.8, 4) is 5.75 Å². The van der Waals surface area contributed by atoms with Gasteiger partial charge in [-0.1, -0.05) is 0 Å². The number of nitrogen functional groups attached to an aromatic ring is 1. The minimum atomic E-state index is -3.90. The second-order valence-electron chi connectivity index (χ2n) is 4.53. The number of nitrogens with two attached hydrogens (primary N) is 1. The van der Waals surface area contributed by atoms with Crippen LogP contribution in [-0.2, 0) is 10.0 Å². The number of methoxy groups -OCH3 is 1. The van der Waals surface area contributed by atoms with Crippen molar-refractivity contribution < 1.29 is 17.5 Å². The van der Waals surface area contributed by atoms with E-state index < -0.39 is 15.8 Å². The first-order valence-electron chi connectivity index (χ1n) is 6.05. The lowest BCUT2D eigenvalue weighted by molar-refractivity contribution is 0.414. The van der Waals surface area contributed by atoms with Crippen LogP contribution in [0, 0.1) is 12.7 Å². The molecule has 0 saturated carbocycles. The topological polar surface area (TPSA) is 81.4 Å². The van der Waals surface area contributed by atoms with Crippen LogP contribution in [0.3, 0.4) is 0 Å². The van der Waals surface area contributed by atoms with Crippen molar-refractivity contribution in [2.75, 3.05) is 17.6 Å². The number of aryl methyl sites for hydroxylation is 1. The Morgan fingerprint density at radius 1 is 1.19 bits per heavy atom. The quantitative estimate of drug-likeness (QED) is 0.850. The molecule has 21 heavy (non-hydrogen) atoms. The van der Waals surface area contributed by atoms with Crippen molar-refractivity contribution in [2.45, 2.75) is 11.8 Å². The molecular weight excluding hydrogens is 295 g/mol. The molecule has 5 nitrogen and oxygen atoms in total. The molecule has 0 spiro atoms. The first kappa shape index (κ1) is 15.1. The third kappa shape index (κ3) is 3.43. The van der Waals surface area contributed by atoms with E-state index in [-0.39, 0.29) is 16.3 Å². The second-order valence-corrected chi connectivity index (χ2v) is 6.18. The van der Waals surface area contributed by atoms with Gasteiger partial charge in [-0.25, -0.2) is 12.8 Å². The highest BCUT2D eigenvalue weighted by Crippen LogP contribution is 2.26. The van der Waals surface area contributed by atoms with E-state index in [2.05, 4.69) is 4.72 Å². The Kier molecular flexibility index (Phi) is 4.04. The van der Waals surface area contributed by atoms with Gasteiger partial charge in [0.2, 0.25) is 0 Å². The maximum absolute atomic E-state index is 13.3. The third-order valence-electron chi connectivity index (χ3n) is 2.80. The number of anilines is 2. The van der Waals surface area contributed by atoms with Gasteiger partial charge in [0.15, 0.2) is 0 Å². The normalized spacial score (nSPS) is 11.2. The van der Waals surface area contributed by atoms with Crippen LogP contribution < -0.4 is 15.2 Å². The Morgan fingerprint density at radius 3 is 2.48 bits per heavy atom. The summed E-state index contributed by atoms with van der Waals surface area (Å²) in [4.78, 5) is -0.0924. The summed E-state index contributed by atoms with van der Waals surface area (Å²) in [5.74, 6) is -0.0662. The average molecular weight is 310 g/mol. The number of halogens is 1. The van der Waals surface area contributed by atoms with Crippen molar-refractivity contribution >= 4 is 21.4 Å². The van der Waals surface area contributed by atoms with Crippen LogP contribution in [-0.4, -0.2) is 15.5 Å². The fourth-order valence-corrected chi connectivity index (χ4v) is 3.06. The lowest BCUT2D eigenvalue weighted by Crippen LogP contribution is -2.15. The minimum absolute atomic E-state index is 0.0509. The second kappa shape index (κ2) is 5.61. The standard InChI is InChI=1S/C14H15FN2O3S/c1-9-5-10(15)7-11(6-9)17-21(18,19)14-4-3-12(20-2)8-13(14)16/h3-8,17H,16H2,1-2H3. The highest BCUT2D eigenvalue weighted by molar-refractivity contribution is 7.92. The Balaban J connectivity index is 2.38. The Morgan fingerprint density at radius 2 is 1.90 bits per heavy atom. The molecular formula is C14H15FN2O3S. The summed E-state index contributed by atoms with van der Waals surface area (Å²) in [6.45, 7) is 1.67. The van der Waals surface area contributed by atoms with Crippen molar-refractivity contribution in [2.24, 2.45) is 0 Å². The van der Waals surface area contributed by atoms with Crippen LogP contribution in [0.25, 0.3) is 0 Å². The molecule has 3 N–H and O–H groups in total. The first-order valence-corrected chi connectivity index (χ1v) is 7.53. The van der Waals surface area contributed by atoms with Crippen LogP contribution in [0.1, 0.15) is 5.56 Å². The van der Waals surface area contributed by atoms with Crippen LogP contribution in [0.15, 0.2) is 41.3 Å². The van der Waals surface area contributed by atoms with Gasteiger partial charge >= 0.3 is 0 Å². The molecule has 0 aliphatic carbocycles. The van der Waals surface area contributed by atoms with E-state index in [4.69, 9.17) is 10.5 Å². The van der Waals surface area contributed by atoms with Gasteiger partial charge in [-0.2, -0.15) is 0 Å². The van der Waals surface area contributed by atoms with Crippen molar-refractivity contribution in [3.63, 3.8) is 0 Å². The van der Waals surface area contributed by atoms with Crippen molar-refractivity contribution in [1.82, 2.24) is 0 Å². The van der Waals surface area contributed by atoms with Gasteiger partial charge in [-0.05, 0) is 42.8 Å². The number of hydrogen-bond donors (Lipinski definition) is 2. The van der Waals surface area contributed by atoms with Crippen molar-refractivity contribution in [3.05, 3.63) is 47.8 Å². The summed E-state index contributed by atoms with van der Waals surface area (Å²) in [6, 6.07) is 8.17. The summed E-state index contributed by atoms with van der Waals surface area (Å²) in [6.07, 6.45) is 0. The monoisotopic (exact) mass is 310 g/mol. The lowest BCUT2D eigenvalue weighted by atomic mass is 10.2. The molecule has 0 bridgehead atoms. The maximum Gasteiger partial charge on any atom is 0.263 e. The number of hydrogen-bond acceptors (Lipinski definition) is 4.